The highest BCUT2D eigenvalue weighted by atomic mass is 79.9. The molecule has 3 nitrogen and oxygen atoms in total. The first-order chi connectivity index (χ1) is 10.6. The highest BCUT2D eigenvalue weighted by molar-refractivity contribution is 9.15. The molecule has 1 saturated carbocycles. The first-order valence-electron chi connectivity index (χ1n) is 7.56. The van der Waals surface area contributed by atoms with E-state index in [9.17, 15) is 0 Å². The average Bonchev–Trinajstić information content (AvgIpc) is 3.14. The Hall–Kier alpha value is 0.410. The molecular formula is C15H15Br4N3. The van der Waals surface area contributed by atoms with Crippen LogP contribution >= 0.6 is 63.7 Å². The van der Waals surface area contributed by atoms with E-state index in [2.05, 4.69) is 73.6 Å². The molecule has 2 atom stereocenters. The van der Waals surface area contributed by atoms with Gasteiger partial charge in [-0.05, 0) is 88.9 Å². The maximum absolute atomic E-state index is 4.89. The first-order valence-corrected chi connectivity index (χ1v) is 10.7. The van der Waals surface area contributed by atoms with Crippen molar-refractivity contribution in [2.45, 2.75) is 38.1 Å². The molecule has 2 aliphatic rings. The number of nitrogens with zero attached hydrogens (tertiary/aromatic N) is 2. The van der Waals surface area contributed by atoms with Gasteiger partial charge in [-0.1, -0.05) is 12.8 Å². The fourth-order valence-electron chi connectivity index (χ4n) is 3.89. The van der Waals surface area contributed by atoms with Gasteiger partial charge >= 0.3 is 0 Å². The van der Waals surface area contributed by atoms with Gasteiger partial charge in [0.05, 0.1) is 14.5 Å². The number of hydrogen-bond acceptors (Lipinski definition) is 2. The molecule has 1 aliphatic carbocycles. The monoisotopic (exact) mass is 553 g/mol. The molecule has 0 amide bonds. The number of hydrogen-bond donors (Lipinski definition) is 1. The van der Waals surface area contributed by atoms with Gasteiger partial charge < -0.3 is 9.88 Å². The molecule has 1 aliphatic heterocycles. The van der Waals surface area contributed by atoms with Gasteiger partial charge in [0.15, 0.2) is 0 Å². The number of H-pyrrole nitrogens is 1. The molecule has 7 heteroatoms. The third kappa shape index (κ3) is 2.42. The largest absolute Gasteiger partial charge is 0.339 e. The molecular weight excluding hydrogens is 542 g/mol. The van der Waals surface area contributed by atoms with E-state index in [1.165, 1.54) is 32.1 Å². The third-order valence-corrected chi connectivity index (χ3v) is 9.73. The molecule has 118 valence electrons. The van der Waals surface area contributed by atoms with Crippen molar-refractivity contribution in [3.8, 4) is 0 Å². The molecule has 1 N–H and O–H groups in total. The molecule has 0 spiro atoms. The van der Waals surface area contributed by atoms with Crippen molar-refractivity contribution >= 4 is 80.7 Å². The SMILES string of the molecule is Brc1c(Br)c(Br)c2[nH]c(N3CC[C@H]4CCCC[C@@H]43)nc2c1Br. The van der Waals surface area contributed by atoms with Crippen molar-refractivity contribution in [1.29, 1.82) is 0 Å². The van der Waals surface area contributed by atoms with E-state index >= 15 is 0 Å². The summed E-state index contributed by atoms with van der Waals surface area (Å²) in [6.07, 6.45) is 6.73. The highest BCUT2D eigenvalue weighted by Gasteiger charge is 2.37. The number of rotatable bonds is 1. The lowest BCUT2D eigenvalue weighted by molar-refractivity contribution is 0.341. The Kier molecular flexibility index (Phi) is 4.37. The predicted octanol–water partition coefficient (Wildman–Crippen LogP) is 6.38. The van der Waals surface area contributed by atoms with Crippen LogP contribution in [-0.2, 0) is 0 Å². The standard InChI is InChI=1S/C15H15Br4N3/c16-9-10(17)12(19)14-13(11(9)18)20-15(21-14)22-6-5-7-3-1-2-4-8(7)22/h7-8H,1-6H2,(H,20,21)/t7-,8+/m1/s1. The molecule has 2 fully saturated rings. The zero-order valence-corrected chi connectivity index (χ0v) is 18.1. The molecule has 1 aromatic heterocycles. The third-order valence-electron chi connectivity index (χ3n) is 4.98. The van der Waals surface area contributed by atoms with Crippen LogP contribution in [0.15, 0.2) is 17.9 Å². The van der Waals surface area contributed by atoms with Crippen LogP contribution in [0.25, 0.3) is 11.0 Å². The van der Waals surface area contributed by atoms with Gasteiger partial charge in [-0.15, -0.1) is 0 Å². The topological polar surface area (TPSA) is 31.9 Å². The zero-order valence-electron chi connectivity index (χ0n) is 11.8. The van der Waals surface area contributed by atoms with Crippen molar-refractivity contribution in [2.75, 3.05) is 11.4 Å². The van der Waals surface area contributed by atoms with Gasteiger partial charge in [0, 0.05) is 21.5 Å². The number of aromatic amines is 1. The molecule has 0 radical (unpaired) electrons. The van der Waals surface area contributed by atoms with Crippen molar-refractivity contribution in [3.63, 3.8) is 0 Å². The minimum atomic E-state index is 0.666. The number of aromatic nitrogens is 2. The average molecular weight is 557 g/mol. The molecule has 4 rings (SSSR count). The van der Waals surface area contributed by atoms with Crippen LogP contribution in [0.5, 0.6) is 0 Å². The maximum atomic E-state index is 4.89. The second-order valence-corrected chi connectivity index (χ2v) is 9.31. The van der Waals surface area contributed by atoms with Crippen LogP contribution in [0, 0.1) is 5.92 Å². The van der Waals surface area contributed by atoms with Crippen molar-refractivity contribution in [3.05, 3.63) is 17.9 Å². The molecule has 1 saturated heterocycles. The number of anilines is 1. The smallest absolute Gasteiger partial charge is 0.204 e. The van der Waals surface area contributed by atoms with E-state index in [4.69, 9.17) is 4.98 Å². The zero-order chi connectivity index (χ0) is 15.4. The van der Waals surface area contributed by atoms with E-state index < -0.39 is 0 Å². The molecule has 1 aromatic carbocycles. The van der Waals surface area contributed by atoms with E-state index in [1.807, 2.05) is 0 Å². The van der Waals surface area contributed by atoms with Crippen LogP contribution in [0.1, 0.15) is 32.1 Å². The Bertz CT molecular complexity index is 697. The molecule has 2 aromatic rings. The van der Waals surface area contributed by atoms with Crippen molar-refractivity contribution in [1.82, 2.24) is 9.97 Å². The van der Waals surface area contributed by atoms with Crippen LogP contribution in [0.4, 0.5) is 5.95 Å². The summed E-state index contributed by atoms with van der Waals surface area (Å²) in [6.45, 7) is 1.12. The van der Waals surface area contributed by atoms with Gasteiger partial charge in [0.2, 0.25) is 5.95 Å². The Morgan fingerprint density at radius 2 is 1.64 bits per heavy atom. The molecule has 2 heterocycles. The second kappa shape index (κ2) is 6.05. The quantitative estimate of drug-likeness (QED) is 0.326. The summed E-state index contributed by atoms with van der Waals surface area (Å²) in [5.74, 6) is 1.86. The summed E-state index contributed by atoms with van der Waals surface area (Å²) in [5.41, 5.74) is 2.01. The summed E-state index contributed by atoms with van der Waals surface area (Å²) in [4.78, 5) is 10.9. The second-order valence-electron chi connectivity index (χ2n) is 6.13. The van der Waals surface area contributed by atoms with Crippen LogP contribution in [-0.4, -0.2) is 22.6 Å². The molecule has 0 unspecified atom stereocenters. The fraction of sp³-hybridized carbons (Fsp3) is 0.533. The van der Waals surface area contributed by atoms with Crippen molar-refractivity contribution < 1.29 is 0 Å². The predicted molar refractivity (Wildman–Crippen MR) is 105 cm³/mol. The minimum absolute atomic E-state index is 0.666. The summed E-state index contributed by atoms with van der Waals surface area (Å²) >= 11 is 14.5. The number of nitrogens with one attached hydrogen (secondary N) is 1. The number of halogens is 4. The summed E-state index contributed by atoms with van der Waals surface area (Å²) < 4.78 is 3.98. The maximum Gasteiger partial charge on any atom is 0.204 e. The fourth-order valence-corrected chi connectivity index (χ4v) is 6.17. The van der Waals surface area contributed by atoms with Gasteiger partial charge in [0.25, 0.3) is 0 Å². The van der Waals surface area contributed by atoms with Crippen LogP contribution in [0.3, 0.4) is 0 Å². The lowest BCUT2D eigenvalue weighted by atomic mass is 9.85. The Balaban J connectivity index is 1.80. The van der Waals surface area contributed by atoms with Gasteiger partial charge in [-0.2, -0.15) is 0 Å². The minimum Gasteiger partial charge on any atom is -0.339 e. The van der Waals surface area contributed by atoms with Crippen LogP contribution < -0.4 is 4.90 Å². The Morgan fingerprint density at radius 1 is 0.909 bits per heavy atom. The molecule has 22 heavy (non-hydrogen) atoms. The summed E-state index contributed by atoms with van der Waals surface area (Å²) in [6, 6.07) is 0.666. The Labute approximate surface area is 163 Å². The number of benzene rings is 1. The normalized spacial score (nSPS) is 25.0. The van der Waals surface area contributed by atoms with E-state index in [0.29, 0.717) is 6.04 Å². The van der Waals surface area contributed by atoms with Gasteiger partial charge in [-0.3, -0.25) is 0 Å². The highest BCUT2D eigenvalue weighted by Crippen LogP contribution is 2.44. The lowest BCUT2D eigenvalue weighted by Crippen LogP contribution is -2.35. The Morgan fingerprint density at radius 3 is 2.45 bits per heavy atom. The summed E-state index contributed by atoms with van der Waals surface area (Å²) in [5, 5.41) is 0. The van der Waals surface area contributed by atoms with E-state index in [0.717, 1.165) is 47.3 Å². The lowest BCUT2D eigenvalue weighted by Gasteiger charge is -2.31. The van der Waals surface area contributed by atoms with Crippen LogP contribution in [0.2, 0.25) is 0 Å². The first kappa shape index (κ1) is 15.9. The number of fused-ring (bicyclic) bond motifs is 2. The van der Waals surface area contributed by atoms with E-state index in [-0.39, 0.29) is 0 Å². The van der Waals surface area contributed by atoms with Crippen molar-refractivity contribution in [2.24, 2.45) is 5.92 Å². The van der Waals surface area contributed by atoms with Gasteiger partial charge in [-0.25, -0.2) is 4.98 Å². The summed E-state index contributed by atoms with van der Waals surface area (Å²) in [7, 11) is 0. The van der Waals surface area contributed by atoms with Gasteiger partial charge in [0.1, 0.15) is 5.52 Å². The molecule has 0 bridgehead atoms. The van der Waals surface area contributed by atoms with E-state index in [1.54, 1.807) is 0 Å². The number of imidazole rings is 1.